The van der Waals surface area contributed by atoms with Crippen molar-refractivity contribution >= 4 is 54.9 Å². The van der Waals surface area contributed by atoms with Gasteiger partial charge in [-0.2, -0.15) is 0 Å². The Bertz CT molecular complexity index is 593. The number of hydrogen-bond donors (Lipinski definition) is 1. The maximum atomic E-state index is 11.9. The van der Waals surface area contributed by atoms with Gasteiger partial charge in [-0.1, -0.05) is 12.1 Å². The Balaban J connectivity index is 2.11. The number of benzene rings is 1. The standard InChI is InChI=1S/C14H13Br2NO2S/c1-2-19-14(18)10-5-3-4-6-12(10)17-8-9-7-11(15)13(16)20-9/h3-7,17H,2,8H2,1H3. The summed E-state index contributed by atoms with van der Waals surface area (Å²) in [6, 6.07) is 9.42. The molecule has 2 aromatic rings. The van der Waals surface area contributed by atoms with Crippen LogP contribution in [0.4, 0.5) is 5.69 Å². The van der Waals surface area contributed by atoms with Gasteiger partial charge in [0.25, 0.3) is 0 Å². The van der Waals surface area contributed by atoms with E-state index in [1.807, 2.05) is 18.2 Å². The van der Waals surface area contributed by atoms with Gasteiger partial charge >= 0.3 is 5.97 Å². The Kier molecular flexibility index (Phi) is 5.63. The molecule has 0 aliphatic rings. The molecule has 0 fully saturated rings. The molecule has 0 saturated heterocycles. The molecule has 0 unspecified atom stereocenters. The highest BCUT2D eigenvalue weighted by atomic mass is 79.9. The number of esters is 1. The van der Waals surface area contributed by atoms with Gasteiger partial charge in [0, 0.05) is 21.6 Å². The van der Waals surface area contributed by atoms with Crippen LogP contribution in [0.5, 0.6) is 0 Å². The van der Waals surface area contributed by atoms with Crippen molar-refractivity contribution in [3.63, 3.8) is 0 Å². The number of nitrogens with one attached hydrogen (secondary N) is 1. The topological polar surface area (TPSA) is 38.3 Å². The van der Waals surface area contributed by atoms with E-state index in [0.717, 1.165) is 13.9 Å². The minimum absolute atomic E-state index is 0.302. The highest BCUT2D eigenvalue weighted by molar-refractivity contribution is 9.13. The number of ether oxygens (including phenoxy) is 1. The van der Waals surface area contributed by atoms with Crippen LogP contribution in [0, 0.1) is 0 Å². The molecule has 0 aliphatic heterocycles. The van der Waals surface area contributed by atoms with Crippen LogP contribution in [0.1, 0.15) is 22.2 Å². The maximum Gasteiger partial charge on any atom is 0.340 e. The summed E-state index contributed by atoms with van der Waals surface area (Å²) in [6.45, 7) is 2.83. The van der Waals surface area contributed by atoms with Crippen LogP contribution in [0.15, 0.2) is 38.6 Å². The lowest BCUT2D eigenvalue weighted by Crippen LogP contribution is -2.09. The predicted molar refractivity (Wildman–Crippen MR) is 89.4 cm³/mol. The second kappa shape index (κ2) is 7.24. The van der Waals surface area contributed by atoms with Crippen LogP contribution < -0.4 is 5.32 Å². The van der Waals surface area contributed by atoms with E-state index < -0.39 is 0 Å². The Morgan fingerprint density at radius 3 is 2.75 bits per heavy atom. The molecule has 1 heterocycles. The van der Waals surface area contributed by atoms with Gasteiger partial charge in [0.05, 0.1) is 16.0 Å². The van der Waals surface area contributed by atoms with Crippen molar-refractivity contribution in [1.29, 1.82) is 0 Å². The number of carbonyl (C=O) groups is 1. The van der Waals surface area contributed by atoms with Crippen LogP contribution in [0.25, 0.3) is 0 Å². The SMILES string of the molecule is CCOC(=O)c1ccccc1NCc1cc(Br)c(Br)s1. The van der Waals surface area contributed by atoms with E-state index in [1.54, 1.807) is 24.3 Å². The molecule has 0 saturated carbocycles. The third-order valence-corrected chi connectivity index (χ3v) is 5.83. The molecule has 0 aliphatic carbocycles. The van der Waals surface area contributed by atoms with Crippen molar-refractivity contribution in [1.82, 2.24) is 0 Å². The lowest BCUT2D eigenvalue weighted by atomic mass is 10.2. The van der Waals surface area contributed by atoms with Gasteiger partial charge < -0.3 is 10.1 Å². The molecular formula is C14H13Br2NO2S. The Morgan fingerprint density at radius 2 is 2.10 bits per heavy atom. The summed E-state index contributed by atoms with van der Waals surface area (Å²) in [6.07, 6.45) is 0. The second-order valence-corrected chi connectivity index (χ2v) is 7.26. The van der Waals surface area contributed by atoms with Crippen molar-refractivity contribution in [3.8, 4) is 0 Å². The fraction of sp³-hybridized carbons (Fsp3) is 0.214. The number of hydrogen-bond acceptors (Lipinski definition) is 4. The molecule has 6 heteroatoms. The van der Waals surface area contributed by atoms with Gasteiger partial charge in [0.15, 0.2) is 0 Å². The van der Waals surface area contributed by atoms with E-state index in [2.05, 4.69) is 43.2 Å². The van der Waals surface area contributed by atoms with Crippen molar-refractivity contribution < 1.29 is 9.53 Å². The summed E-state index contributed by atoms with van der Waals surface area (Å²) in [5, 5.41) is 3.28. The smallest absolute Gasteiger partial charge is 0.340 e. The number of rotatable bonds is 5. The van der Waals surface area contributed by atoms with Gasteiger partial charge in [-0.05, 0) is 57.0 Å². The molecule has 0 amide bonds. The van der Waals surface area contributed by atoms with Crippen LogP contribution >= 0.6 is 43.2 Å². The summed E-state index contributed by atoms with van der Waals surface area (Å²) >= 11 is 8.58. The van der Waals surface area contributed by atoms with E-state index in [0.29, 0.717) is 18.7 Å². The Labute approximate surface area is 138 Å². The molecule has 0 radical (unpaired) electrons. The summed E-state index contributed by atoms with van der Waals surface area (Å²) in [7, 11) is 0. The van der Waals surface area contributed by atoms with Gasteiger partial charge in [0.1, 0.15) is 0 Å². The number of thiophene rings is 1. The fourth-order valence-electron chi connectivity index (χ4n) is 1.68. The molecule has 1 N–H and O–H groups in total. The zero-order valence-corrected chi connectivity index (χ0v) is 14.8. The number of para-hydroxylation sites is 1. The second-order valence-electron chi connectivity index (χ2n) is 3.95. The molecule has 106 valence electrons. The van der Waals surface area contributed by atoms with E-state index in [1.165, 1.54) is 4.88 Å². The summed E-state index contributed by atoms with van der Waals surface area (Å²) in [5.41, 5.74) is 1.34. The summed E-state index contributed by atoms with van der Waals surface area (Å²) < 4.78 is 7.16. The minimum atomic E-state index is -0.302. The molecule has 0 atom stereocenters. The predicted octanol–water partition coefficient (Wildman–Crippen LogP) is 5.06. The van der Waals surface area contributed by atoms with Crippen molar-refractivity contribution in [2.45, 2.75) is 13.5 Å². The number of halogens is 2. The first-order valence-corrected chi connectivity index (χ1v) is 8.45. The van der Waals surface area contributed by atoms with Crippen molar-refractivity contribution in [3.05, 3.63) is 49.0 Å². The largest absolute Gasteiger partial charge is 0.462 e. The molecule has 3 nitrogen and oxygen atoms in total. The molecular weight excluding hydrogens is 406 g/mol. The average molecular weight is 419 g/mol. The fourth-order valence-corrected chi connectivity index (χ4v) is 3.80. The van der Waals surface area contributed by atoms with E-state index in [4.69, 9.17) is 4.74 Å². The maximum absolute atomic E-state index is 11.9. The zero-order valence-electron chi connectivity index (χ0n) is 10.8. The molecule has 1 aromatic heterocycles. The zero-order chi connectivity index (χ0) is 14.5. The summed E-state index contributed by atoms with van der Waals surface area (Å²) in [4.78, 5) is 13.0. The van der Waals surface area contributed by atoms with Crippen LogP contribution in [0.3, 0.4) is 0 Å². The van der Waals surface area contributed by atoms with Crippen LogP contribution in [0.2, 0.25) is 0 Å². The van der Waals surface area contributed by atoms with Crippen molar-refractivity contribution in [2.75, 3.05) is 11.9 Å². The minimum Gasteiger partial charge on any atom is -0.462 e. The Morgan fingerprint density at radius 1 is 1.35 bits per heavy atom. The normalized spacial score (nSPS) is 10.3. The number of carbonyl (C=O) groups excluding carboxylic acids is 1. The third kappa shape index (κ3) is 3.84. The highest BCUT2D eigenvalue weighted by Crippen LogP contribution is 2.32. The van der Waals surface area contributed by atoms with E-state index >= 15 is 0 Å². The van der Waals surface area contributed by atoms with Crippen LogP contribution in [-0.4, -0.2) is 12.6 Å². The molecule has 20 heavy (non-hydrogen) atoms. The molecule has 0 spiro atoms. The van der Waals surface area contributed by atoms with Gasteiger partial charge in [-0.3, -0.25) is 0 Å². The lowest BCUT2D eigenvalue weighted by molar-refractivity contribution is 0.0527. The highest BCUT2D eigenvalue weighted by Gasteiger charge is 2.12. The number of anilines is 1. The molecule has 0 bridgehead atoms. The third-order valence-electron chi connectivity index (χ3n) is 2.57. The lowest BCUT2D eigenvalue weighted by Gasteiger charge is -2.10. The first-order valence-electron chi connectivity index (χ1n) is 6.05. The van der Waals surface area contributed by atoms with Crippen LogP contribution in [-0.2, 0) is 11.3 Å². The molecule has 1 aromatic carbocycles. The first-order chi connectivity index (χ1) is 9.61. The Hall–Kier alpha value is -0.850. The molecule has 2 rings (SSSR count). The van der Waals surface area contributed by atoms with E-state index in [9.17, 15) is 4.79 Å². The van der Waals surface area contributed by atoms with Gasteiger partial charge in [-0.25, -0.2) is 4.79 Å². The van der Waals surface area contributed by atoms with Gasteiger partial charge in [-0.15, -0.1) is 11.3 Å². The van der Waals surface area contributed by atoms with E-state index in [-0.39, 0.29) is 5.97 Å². The first kappa shape index (κ1) is 15.5. The average Bonchev–Trinajstić information content (AvgIpc) is 2.76. The quantitative estimate of drug-likeness (QED) is 0.689. The summed E-state index contributed by atoms with van der Waals surface area (Å²) in [5.74, 6) is -0.302. The van der Waals surface area contributed by atoms with Gasteiger partial charge in [0.2, 0.25) is 0 Å². The monoisotopic (exact) mass is 417 g/mol. The van der Waals surface area contributed by atoms with Crippen molar-refractivity contribution in [2.24, 2.45) is 0 Å².